The van der Waals surface area contributed by atoms with Crippen molar-refractivity contribution in [3.63, 3.8) is 0 Å². The molecule has 0 radical (unpaired) electrons. The summed E-state index contributed by atoms with van der Waals surface area (Å²) >= 11 is 0. The minimum Gasteiger partial charge on any atom is -0.370 e. The van der Waals surface area contributed by atoms with Gasteiger partial charge in [-0.2, -0.15) is 8.78 Å². The van der Waals surface area contributed by atoms with E-state index < -0.39 is 31.4 Å². The van der Waals surface area contributed by atoms with Gasteiger partial charge in [0.1, 0.15) is 12.4 Å². The molecule has 0 spiro atoms. The van der Waals surface area contributed by atoms with Crippen LogP contribution >= 0.6 is 0 Å². The van der Waals surface area contributed by atoms with Gasteiger partial charge < -0.3 is 10.5 Å². The van der Waals surface area contributed by atoms with Crippen molar-refractivity contribution in [3.8, 4) is 0 Å². The first-order chi connectivity index (χ1) is 8.36. The number of nitrogens with two attached hydrogens (primary N) is 1. The van der Waals surface area contributed by atoms with E-state index in [0.29, 0.717) is 5.56 Å². The Balaban J connectivity index is 2.58. The fraction of sp³-hybridized carbons (Fsp3) is 0.455. The van der Waals surface area contributed by atoms with Crippen molar-refractivity contribution in [2.75, 3.05) is 6.61 Å². The second-order valence-electron chi connectivity index (χ2n) is 3.68. The van der Waals surface area contributed by atoms with Crippen LogP contribution in [0.2, 0.25) is 0 Å². The predicted octanol–water partition coefficient (Wildman–Crippen LogP) is 2.70. The molecular formula is C11H12F5NO. The number of benzene rings is 1. The van der Waals surface area contributed by atoms with Gasteiger partial charge in [0.05, 0.1) is 6.61 Å². The third kappa shape index (κ3) is 3.92. The van der Waals surface area contributed by atoms with Gasteiger partial charge in [0.15, 0.2) is 0 Å². The van der Waals surface area contributed by atoms with E-state index in [9.17, 15) is 22.0 Å². The Bertz CT molecular complexity index is 397. The van der Waals surface area contributed by atoms with Crippen LogP contribution in [-0.4, -0.2) is 19.0 Å². The number of rotatable bonds is 6. The summed E-state index contributed by atoms with van der Waals surface area (Å²) in [7, 11) is 0. The van der Waals surface area contributed by atoms with Crippen molar-refractivity contribution in [3.05, 3.63) is 35.1 Å². The molecule has 0 heterocycles. The molecule has 0 unspecified atom stereocenters. The van der Waals surface area contributed by atoms with Gasteiger partial charge in [0, 0.05) is 12.1 Å². The van der Waals surface area contributed by atoms with E-state index in [1.807, 2.05) is 0 Å². The van der Waals surface area contributed by atoms with Gasteiger partial charge in [-0.05, 0) is 17.7 Å². The van der Waals surface area contributed by atoms with E-state index in [1.165, 1.54) is 12.1 Å². The van der Waals surface area contributed by atoms with Gasteiger partial charge in [-0.25, -0.2) is 13.2 Å². The van der Waals surface area contributed by atoms with Gasteiger partial charge in [-0.15, -0.1) is 0 Å². The van der Waals surface area contributed by atoms with Crippen LogP contribution in [0.3, 0.4) is 0 Å². The van der Waals surface area contributed by atoms with Crippen LogP contribution in [0.5, 0.6) is 0 Å². The van der Waals surface area contributed by atoms with Crippen LogP contribution in [-0.2, 0) is 17.9 Å². The summed E-state index contributed by atoms with van der Waals surface area (Å²) in [5, 5.41) is 0. The number of halogens is 5. The molecule has 0 bridgehead atoms. The van der Waals surface area contributed by atoms with Crippen molar-refractivity contribution >= 4 is 0 Å². The first-order valence-corrected chi connectivity index (χ1v) is 5.08. The lowest BCUT2D eigenvalue weighted by Gasteiger charge is -2.15. The van der Waals surface area contributed by atoms with Crippen LogP contribution in [0.25, 0.3) is 0 Å². The summed E-state index contributed by atoms with van der Waals surface area (Å²) in [4.78, 5) is 0. The number of hydrogen-bond donors (Lipinski definition) is 1. The number of ether oxygens (including phenoxy) is 1. The van der Waals surface area contributed by atoms with Crippen molar-refractivity contribution in [1.82, 2.24) is 0 Å². The van der Waals surface area contributed by atoms with Crippen LogP contribution < -0.4 is 5.73 Å². The maximum atomic E-state index is 13.2. The molecule has 0 atom stereocenters. The molecule has 1 rings (SSSR count). The van der Waals surface area contributed by atoms with Crippen LogP contribution in [0.15, 0.2) is 18.2 Å². The molecule has 1 aromatic carbocycles. The SMILES string of the molecule is NCc1ccc(F)c(COCC(F)(F)C(F)F)c1. The maximum absolute atomic E-state index is 13.2. The average Bonchev–Trinajstić information content (AvgIpc) is 2.31. The Kier molecular flexibility index (Phi) is 5.03. The van der Waals surface area contributed by atoms with Crippen molar-refractivity contribution in [1.29, 1.82) is 0 Å². The molecule has 2 nitrogen and oxygen atoms in total. The average molecular weight is 269 g/mol. The molecule has 0 aliphatic carbocycles. The summed E-state index contributed by atoms with van der Waals surface area (Å²) < 4.78 is 66.3. The second kappa shape index (κ2) is 6.10. The van der Waals surface area contributed by atoms with E-state index >= 15 is 0 Å². The molecule has 18 heavy (non-hydrogen) atoms. The molecule has 0 fully saturated rings. The lowest BCUT2D eigenvalue weighted by Crippen LogP contribution is -2.32. The Hall–Kier alpha value is -1.21. The molecule has 102 valence electrons. The molecule has 0 saturated heterocycles. The minimum absolute atomic E-state index is 0.00279. The molecule has 0 aliphatic rings. The Morgan fingerprint density at radius 3 is 2.50 bits per heavy atom. The highest BCUT2D eigenvalue weighted by molar-refractivity contribution is 5.24. The fourth-order valence-electron chi connectivity index (χ4n) is 1.23. The highest BCUT2D eigenvalue weighted by Gasteiger charge is 2.40. The Morgan fingerprint density at radius 1 is 1.28 bits per heavy atom. The van der Waals surface area contributed by atoms with E-state index in [2.05, 4.69) is 4.74 Å². The molecular weight excluding hydrogens is 257 g/mol. The highest BCUT2D eigenvalue weighted by Crippen LogP contribution is 2.23. The lowest BCUT2D eigenvalue weighted by atomic mass is 10.1. The summed E-state index contributed by atoms with van der Waals surface area (Å²) in [6, 6.07) is 3.90. The molecule has 0 aliphatic heterocycles. The summed E-state index contributed by atoms with van der Waals surface area (Å²) in [6.07, 6.45) is -3.81. The standard InChI is InChI=1S/C11H12F5NO/c12-9-2-1-7(4-17)3-8(9)5-18-6-11(15,16)10(13)14/h1-3,10H,4-6,17H2. The van der Waals surface area contributed by atoms with Crippen LogP contribution in [0.1, 0.15) is 11.1 Å². The van der Waals surface area contributed by atoms with Crippen LogP contribution in [0, 0.1) is 5.82 Å². The van der Waals surface area contributed by atoms with Crippen molar-refractivity contribution in [2.24, 2.45) is 5.73 Å². The van der Waals surface area contributed by atoms with Crippen LogP contribution in [0.4, 0.5) is 22.0 Å². The third-order valence-electron chi connectivity index (χ3n) is 2.22. The third-order valence-corrected chi connectivity index (χ3v) is 2.22. The van der Waals surface area contributed by atoms with Gasteiger partial charge in [0.25, 0.3) is 0 Å². The van der Waals surface area contributed by atoms with Crippen molar-refractivity contribution < 1.29 is 26.7 Å². The first kappa shape index (κ1) is 14.8. The molecule has 1 aromatic rings. The summed E-state index contributed by atoms with van der Waals surface area (Å²) in [6.45, 7) is -1.82. The van der Waals surface area contributed by atoms with E-state index in [0.717, 1.165) is 6.07 Å². The smallest absolute Gasteiger partial charge is 0.330 e. The van der Waals surface area contributed by atoms with Gasteiger partial charge in [-0.3, -0.25) is 0 Å². The zero-order valence-corrected chi connectivity index (χ0v) is 9.31. The second-order valence-corrected chi connectivity index (χ2v) is 3.68. The van der Waals surface area contributed by atoms with E-state index in [-0.39, 0.29) is 12.1 Å². The monoisotopic (exact) mass is 269 g/mol. The Morgan fingerprint density at radius 2 is 1.94 bits per heavy atom. The first-order valence-electron chi connectivity index (χ1n) is 5.08. The molecule has 2 N–H and O–H groups in total. The van der Waals surface area contributed by atoms with Crippen molar-refractivity contribution in [2.45, 2.75) is 25.5 Å². The highest BCUT2D eigenvalue weighted by atomic mass is 19.3. The lowest BCUT2D eigenvalue weighted by molar-refractivity contribution is -0.168. The maximum Gasteiger partial charge on any atom is 0.330 e. The summed E-state index contributed by atoms with van der Waals surface area (Å²) in [5.41, 5.74) is 5.92. The van der Waals surface area contributed by atoms with Gasteiger partial charge >= 0.3 is 12.3 Å². The summed E-state index contributed by atoms with van der Waals surface area (Å²) in [5.74, 6) is -4.89. The topological polar surface area (TPSA) is 35.2 Å². The van der Waals surface area contributed by atoms with Gasteiger partial charge in [-0.1, -0.05) is 6.07 Å². The zero-order chi connectivity index (χ0) is 13.8. The quantitative estimate of drug-likeness (QED) is 0.806. The molecule has 0 amide bonds. The Labute approximate surface area is 101 Å². The van der Waals surface area contributed by atoms with E-state index in [4.69, 9.17) is 5.73 Å². The number of hydrogen-bond acceptors (Lipinski definition) is 2. The molecule has 0 aromatic heterocycles. The van der Waals surface area contributed by atoms with Gasteiger partial charge in [0.2, 0.25) is 0 Å². The predicted molar refractivity (Wildman–Crippen MR) is 54.9 cm³/mol. The number of alkyl halides is 4. The largest absolute Gasteiger partial charge is 0.370 e. The molecule has 7 heteroatoms. The molecule has 0 saturated carbocycles. The zero-order valence-electron chi connectivity index (χ0n) is 9.31. The normalized spacial score (nSPS) is 12.2. The fourth-order valence-corrected chi connectivity index (χ4v) is 1.23. The van der Waals surface area contributed by atoms with E-state index in [1.54, 1.807) is 0 Å². The minimum atomic E-state index is -4.23.